The average Bonchev–Trinajstić information content (AvgIpc) is 2.56. The van der Waals surface area contributed by atoms with Gasteiger partial charge in [0.25, 0.3) is 5.56 Å². The maximum Gasteiger partial charge on any atom is 0.274 e. The van der Waals surface area contributed by atoms with E-state index in [1.807, 2.05) is 18.2 Å². The van der Waals surface area contributed by atoms with Crippen molar-refractivity contribution in [2.75, 3.05) is 13.6 Å². The number of aromatic nitrogens is 2. The van der Waals surface area contributed by atoms with Gasteiger partial charge in [0.05, 0.1) is 17.5 Å². The number of likely N-dealkylation sites (N-methyl/N-ethyl adjacent to an activating group) is 1. The van der Waals surface area contributed by atoms with Crippen LogP contribution in [0.15, 0.2) is 29.1 Å². The molecule has 0 spiro atoms. The van der Waals surface area contributed by atoms with Gasteiger partial charge in [0.1, 0.15) is 0 Å². The average molecular weight is 330 g/mol. The number of nitrogens with two attached hydrogens (primary N) is 1. The third-order valence-corrected chi connectivity index (χ3v) is 4.43. The summed E-state index contributed by atoms with van der Waals surface area (Å²) in [5, 5.41) is 5.60. The van der Waals surface area contributed by atoms with E-state index < -0.39 is 0 Å². The first kappa shape index (κ1) is 18.1. The van der Waals surface area contributed by atoms with Gasteiger partial charge in [0.2, 0.25) is 5.91 Å². The minimum atomic E-state index is -0.155. The third kappa shape index (κ3) is 4.00. The molecule has 6 heteroatoms. The number of nitrogens with zero attached hydrogens (tertiary/aromatic N) is 3. The van der Waals surface area contributed by atoms with Crippen LogP contribution in [0.1, 0.15) is 26.0 Å². The van der Waals surface area contributed by atoms with Crippen molar-refractivity contribution in [2.45, 2.75) is 32.7 Å². The Morgan fingerprint density at radius 1 is 1.29 bits per heavy atom. The minimum absolute atomic E-state index is 0.0257. The van der Waals surface area contributed by atoms with Crippen molar-refractivity contribution in [3.8, 4) is 0 Å². The molecule has 1 atom stereocenters. The van der Waals surface area contributed by atoms with E-state index in [0.29, 0.717) is 23.5 Å². The van der Waals surface area contributed by atoms with E-state index in [1.54, 1.807) is 25.1 Å². The summed E-state index contributed by atoms with van der Waals surface area (Å²) in [5.74, 6) is 0.366. The van der Waals surface area contributed by atoms with Gasteiger partial charge >= 0.3 is 0 Å². The van der Waals surface area contributed by atoms with E-state index in [2.05, 4.69) is 18.9 Å². The Balaban J connectivity index is 2.16. The van der Waals surface area contributed by atoms with Gasteiger partial charge in [-0.2, -0.15) is 5.10 Å². The molecular weight excluding hydrogens is 304 g/mol. The molecule has 2 aromatic rings. The van der Waals surface area contributed by atoms with Gasteiger partial charge in [-0.15, -0.1) is 0 Å². The summed E-state index contributed by atoms with van der Waals surface area (Å²) in [6, 6.07) is 7.34. The fourth-order valence-corrected chi connectivity index (χ4v) is 2.59. The Morgan fingerprint density at radius 2 is 1.92 bits per heavy atom. The lowest BCUT2D eigenvalue weighted by atomic mass is 10.0. The van der Waals surface area contributed by atoms with Crippen molar-refractivity contribution in [1.82, 2.24) is 14.7 Å². The van der Waals surface area contributed by atoms with Crippen LogP contribution in [0.25, 0.3) is 10.8 Å². The van der Waals surface area contributed by atoms with Crippen LogP contribution in [0.5, 0.6) is 0 Å². The summed E-state index contributed by atoms with van der Waals surface area (Å²) in [4.78, 5) is 26.3. The molecule has 0 aliphatic heterocycles. The lowest BCUT2D eigenvalue weighted by molar-refractivity contribution is -0.129. The van der Waals surface area contributed by atoms with Crippen LogP contribution in [0.4, 0.5) is 0 Å². The SMILES string of the molecule is CC(C)C(N)CCN(C)C(=O)Cc1nn(C)c(=O)c2ccccc12. The van der Waals surface area contributed by atoms with E-state index in [9.17, 15) is 9.59 Å². The summed E-state index contributed by atoms with van der Waals surface area (Å²) in [6.45, 7) is 4.77. The highest BCUT2D eigenvalue weighted by Gasteiger charge is 2.16. The molecule has 0 saturated heterocycles. The van der Waals surface area contributed by atoms with Crippen LogP contribution in [-0.4, -0.2) is 40.2 Å². The Hall–Kier alpha value is -2.21. The van der Waals surface area contributed by atoms with Crippen LogP contribution in [-0.2, 0) is 18.3 Å². The Labute approximate surface area is 142 Å². The quantitative estimate of drug-likeness (QED) is 0.866. The molecule has 0 bridgehead atoms. The highest BCUT2D eigenvalue weighted by molar-refractivity contribution is 5.88. The normalized spacial score (nSPS) is 12.6. The number of rotatable bonds is 6. The number of carbonyl (C=O) groups excluding carboxylic acids is 1. The molecule has 1 aromatic carbocycles. The second-order valence-electron chi connectivity index (χ2n) is 6.61. The first-order valence-electron chi connectivity index (χ1n) is 8.25. The molecule has 0 fully saturated rings. The predicted molar refractivity (Wildman–Crippen MR) is 95.8 cm³/mol. The molecule has 6 nitrogen and oxygen atoms in total. The molecule has 2 N–H and O–H groups in total. The molecule has 1 heterocycles. The van der Waals surface area contributed by atoms with Crippen LogP contribution in [0.2, 0.25) is 0 Å². The Morgan fingerprint density at radius 3 is 2.54 bits per heavy atom. The molecule has 130 valence electrons. The van der Waals surface area contributed by atoms with E-state index in [0.717, 1.165) is 11.8 Å². The fraction of sp³-hybridized carbons (Fsp3) is 0.500. The maximum absolute atomic E-state index is 12.5. The van der Waals surface area contributed by atoms with Crippen LogP contribution >= 0.6 is 0 Å². The van der Waals surface area contributed by atoms with Crippen molar-refractivity contribution >= 4 is 16.7 Å². The second-order valence-corrected chi connectivity index (χ2v) is 6.61. The first-order valence-corrected chi connectivity index (χ1v) is 8.25. The van der Waals surface area contributed by atoms with E-state index in [-0.39, 0.29) is 23.9 Å². The molecule has 2 rings (SSSR count). The Kier molecular flexibility index (Phi) is 5.72. The van der Waals surface area contributed by atoms with Gasteiger partial charge in [0.15, 0.2) is 0 Å². The third-order valence-electron chi connectivity index (χ3n) is 4.43. The topological polar surface area (TPSA) is 81.2 Å². The molecule has 0 saturated carbocycles. The lowest BCUT2D eigenvalue weighted by Crippen LogP contribution is -2.35. The standard InChI is InChI=1S/C18H26N4O2/c1-12(2)15(19)9-10-21(3)17(23)11-16-13-7-5-6-8-14(13)18(24)22(4)20-16/h5-8,12,15H,9-11,19H2,1-4H3. The van der Waals surface area contributed by atoms with Crippen LogP contribution < -0.4 is 11.3 Å². The van der Waals surface area contributed by atoms with Crippen molar-refractivity contribution in [2.24, 2.45) is 18.7 Å². The monoisotopic (exact) mass is 330 g/mol. The Bertz CT molecular complexity index is 782. The zero-order chi connectivity index (χ0) is 17.9. The van der Waals surface area contributed by atoms with Crippen LogP contribution in [0.3, 0.4) is 0 Å². The van der Waals surface area contributed by atoms with Gasteiger partial charge < -0.3 is 10.6 Å². The zero-order valence-electron chi connectivity index (χ0n) is 14.8. The smallest absolute Gasteiger partial charge is 0.274 e. The molecule has 24 heavy (non-hydrogen) atoms. The number of hydrogen-bond donors (Lipinski definition) is 1. The number of aryl methyl sites for hydroxylation is 1. The number of benzene rings is 1. The van der Waals surface area contributed by atoms with E-state index in [1.165, 1.54) is 4.68 Å². The molecule has 1 unspecified atom stereocenters. The molecule has 0 radical (unpaired) electrons. The van der Waals surface area contributed by atoms with Crippen molar-refractivity contribution in [3.05, 3.63) is 40.3 Å². The summed E-state index contributed by atoms with van der Waals surface area (Å²) in [5.41, 5.74) is 6.51. The largest absolute Gasteiger partial charge is 0.345 e. The van der Waals surface area contributed by atoms with Crippen LogP contribution in [0, 0.1) is 5.92 Å². The summed E-state index contributed by atoms with van der Waals surface area (Å²) < 4.78 is 1.29. The molecule has 0 aliphatic carbocycles. The van der Waals surface area contributed by atoms with E-state index in [4.69, 9.17) is 5.73 Å². The highest BCUT2D eigenvalue weighted by Crippen LogP contribution is 2.14. The summed E-state index contributed by atoms with van der Waals surface area (Å²) in [6.07, 6.45) is 0.934. The minimum Gasteiger partial charge on any atom is -0.345 e. The second kappa shape index (κ2) is 7.57. The predicted octanol–water partition coefficient (Wildman–Crippen LogP) is 1.31. The summed E-state index contributed by atoms with van der Waals surface area (Å²) >= 11 is 0. The van der Waals surface area contributed by atoms with Crippen molar-refractivity contribution in [3.63, 3.8) is 0 Å². The van der Waals surface area contributed by atoms with Crippen molar-refractivity contribution in [1.29, 1.82) is 0 Å². The van der Waals surface area contributed by atoms with Gasteiger partial charge in [-0.25, -0.2) is 4.68 Å². The maximum atomic E-state index is 12.5. The fourth-order valence-electron chi connectivity index (χ4n) is 2.59. The molecule has 0 aliphatic rings. The summed E-state index contributed by atoms with van der Waals surface area (Å²) in [7, 11) is 3.38. The molecule has 1 amide bonds. The molecule has 1 aromatic heterocycles. The number of fused-ring (bicyclic) bond motifs is 1. The van der Waals surface area contributed by atoms with Crippen molar-refractivity contribution < 1.29 is 4.79 Å². The number of carbonyl (C=O) groups is 1. The first-order chi connectivity index (χ1) is 11.3. The van der Waals surface area contributed by atoms with Gasteiger partial charge in [-0.3, -0.25) is 9.59 Å². The van der Waals surface area contributed by atoms with Gasteiger partial charge in [-0.1, -0.05) is 32.0 Å². The van der Waals surface area contributed by atoms with Gasteiger partial charge in [-0.05, 0) is 18.4 Å². The lowest BCUT2D eigenvalue weighted by Gasteiger charge is -2.21. The zero-order valence-corrected chi connectivity index (χ0v) is 14.8. The number of hydrogen-bond acceptors (Lipinski definition) is 4. The highest BCUT2D eigenvalue weighted by atomic mass is 16.2. The number of amides is 1. The molecular formula is C18H26N4O2. The van der Waals surface area contributed by atoms with Gasteiger partial charge in [0, 0.05) is 32.1 Å². The van der Waals surface area contributed by atoms with E-state index >= 15 is 0 Å².